The number of primary amides is 1. The zero-order valence-electron chi connectivity index (χ0n) is 8.03. The molecule has 0 bridgehead atoms. The van der Waals surface area contributed by atoms with Gasteiger partial charge < -0.3 is 10.8 Å². The Bertz CT molecular complexity index is 424. The van der Waals surface area contributed by atoms with Gasteiger partial charge in [0, 0.05) is 4.88 Å². The molecule has 0 aliphatic heterocycles. The molecule has 1 aromatic rings. The van der Waals surface area contributed by atoms with Gasteiger partial charge >= 0.3 is 5.97 Å². The summed E-state index contributed by atoms with van der Waals surface area (Å²) in [4.78, 5) is 23.4. The summed E-state index contributed by atoms with van der Waals surface area (Å²) in [5.41, 5.74) is 5.96. The third-order valence-electron chi connectivity index (χ3n) is 2.65. The third-order valence-corrected chi connectivity index (χ3v) is 3.88. The van der Waals surface area contributed by atoms with Crippen LogP contribution in [0.3, 0.4) is 0 Å². The predicted octanol–water partition coefficient (Wildman–Crippen LogP) is 1.35. The van der Waals surface area contributed by atoms with Crippen molar-refractivity contribution < 1.29 is 14.7 Å². The van der Waals surface area contributed by atoms with Crippen LogP contribution in [0.4, 0.5) is 0 Å². The van der Waals surface area contributed by atoms with Crippen LogP contribution in [0.5, 0.6) is 0 Å². The molecule has 4 nitrogen and oxygen atoms in total. The van der Waals surface area contributed by atoms with Crippen LogP contribution in [0, 0.1) is 0 Å². The van der Waals surface area contributed by atoms with Crippen molar-refractivity contribution in [1.82, 2.24) is 0 Å². The molecule has 0 radical (unpaired) electrons. The lowest BCUT2D eigenvalue weighted by Gasteiger charge is -2.17. The Hall–Kier alpha value is -1.36. The standard InChI is InChI=1S/C10H11NO3S/c11-9(12)8-4-6-5(10(13)14)2-1-3-7(6)15-8/h4-5H,1-3H2,(H2,11,12)(H,13,14). The number of hydrogen-bond donors (Lipinski definition) is 2. The van der Waals surface area contributed by atoms with E-state index in [-0.39, 0.29) is 0 Å². The van der Waals surface area contributed by atoms with Crippen LogP contribution in [0.1, 0.15) is 38.9 Å². The molecule has 0 saturated heterocycles. The highest BCUT2D eigenvalue weighted by molar-refractivity contribution is 7.14. The highest BCUT2D eigenvalue weighted by Crippen LogP contribution is 2.37. The van der Waals surface area contributed by atoms with Gasteiger partial charge in [-0.2, -0.15) is 0 Å². The lowest BCUT2D eigenvalue weighted by Crippen LogP contribution is -2.16. The Morgan fingerprint density at radius 2 is 2.27 bits per heavy atom. The number of carboxylic acids is 1. The van der Waals surface area contributed by atoms with Crippen molar-refractivity contribution in [2.75, 3.05) is 0 Å². The van der Waals surface area contributed by atoms with E-state index in [0.717, 1.165) is 23.3 Å². The number of aryl methyl sites for hydroxylation is 1. The maximum Gasteiger partial charge on any atom is 0.311 e. The first-order chi connectivity index (χ1) is 7.09. The van der Waals surface area contributed by atoms with E-state index in [4.69, 9.17) is 10.8 Å². The molecule has 1 aliphatic carbocycles. The largest absolute Gasteiger partial charge is 0.481 e. The van der Waals surface area contributed by atoms with Crippen LogP contribution in [0.15, 0.2) is 6.07 Å². The van der Waals surface area contributed by atoms with Gasteiger partial charge in [0.1, 0.15) is 0 Å². The smallest absolute Gasteiger partial charge is 0.311 e. The van der Waals surface area contributed by atoms with Crippen LogP contribution in [-0.2, 0) is 11.2 Å². The summed E-state index contributed by atoms with van der Waals surface area (Å²) in [6.45, 7) is 0. The van der Waals surface area contributed by atoms with E-state index in [9.17, 15) is 9.59 Å². The lowest BCUT2D eigenvalue weighted by molar-refractivity contribution is -0.139. The molecule has 80 valence electrons. The van der Waals surface area contributed by atoms with E-state index in [2.05, 4.69) is 0 Å². The second kappa shape index (κ2) is 3.66. The topological polar surface area (TPSA) is 80.4 Å². The van der Waals surface area contributed by atoms with Gasteiger partial charge in [0.2, 0.25) is 0 Å². The summed E-state index contributed by atoms with van der Waals surface area (Å²) in [6, 6.07) is 1.64. The van der Waals surface area contributed by atoms with Crippen molar-refractivity contribution in [2.45, 2.75) is 25.2 Å². The molecule has 0 aromatic carbocycles. The molecule has 1 unspecified atom stereocenters. The molecule has 3 N–H and O–H groups in total. The van der Waals surface area contributed by atoms with Crippen molar-refractivity contribution in [3.63, 3.8) is 0 Å². The van der Waals surface area contributed by atoms with Gasteiger partial charge in [-0.15, -0.1) is 11.3 Å². The van der Waals surface area contributed by atoms with Crippen molar-refractivity contribution in [3.8, 4) is 0 Å². The Balaban J connectivity index is 2.43. The summed E-state index contributed by atoms with van der Waals surface area (Å²) < 4.78 is 0. The molecule has 1 atom stereocenters. The van der Waals surface area contributed by atoms with Gasteiger partial charge in [0.25, 0.3) is 5.91 Å². The van der Waals surface area contributed by atoms with E-state index < -0.39 is 17.8 Å². The second-order valence-corrected chi connectivity index (χ2v) is 4.77. The molecule has 1 aliphatic rings. The van der Waals surface area contributed by atoms with Gasteiger partial charge in [-0.1, -0.05) is 0 Å². The maximum atomic E-state index is 11.0. The quantitative estimate of drug-likeness (QED) is 0.797. The molecular formula is C10H11NO3S. The number of carboxylic acid groups (broad SMARTS) is 1. The molecule has 5 heteroatoms. The molecule has 15 heavy (non-hydrogen) atoms. The SMILES string of the molecule is NC(=O)c1cc2c(s1)CCCC2C(=O)O. The van der Waals surface area contributed by atoms with Crippen LogP contribution in [0.25, 0.3) is 0 Å². The molecule has 0 saturated carbocycles. The second-order valence-electron chi connectivity index (χ2n) is 3.64. The van der Waals surface area contributed by atoms with Crippen LogP contribution in [0.2, 0.25) is 0 Å². The summed E-state index contributed by atoms with van der Waals surface area (Å²) >= 11 is 1.33. The van der Waals surface area contributed by atoms with Gasteiger partial charge in [0.05, 0.1) is 10.8 Å². The fourth-order valence-electron chi connectivity index (χ4n) is 1.93. The first kappa shape index (κ1) is 10.2. The molecular weight excluding hydrogens is 214 g/mol. The lowest BCUT2D eigenvalue weighted by atomic mass is 9.88. The first-order valence-corrected chi connectivity index (χ1v) is 5.56. The Morgan fingerprint density at radius 1 is 1.53 bits per heavy atom. The number of amides is 1. The van der Waals surface area contributed by atoms with Crippen molar-refractivity contribution in [2.24, 2.45) is 5.73 Å². The van der Waals surface area contributed by atoms with Crippen LogP contribution < -0.4 is 5.73 Å². The number of hydrogen-bond acceptors (Lipinski definition) is 3. The van der Waals surface area contributed by atoms with Gasteiger partial charge in [0.15, 0.2) is 0 Å². The number of nitrogens with two attached hydrogens (primary N) is 1. The number of fused-ring (bicyclic) bond motifs is 1. The number of rotatable bonds is 2. The van der Waals surface area contributed by atoms with Gasteiger partial charge in [-0.3, -0.25) is 9.59 Å². The minimum Gasteiger partial charge on any atom is -0.481 e. The van der Waals surface area contributed by atoms with Crippen molar-refractivity contribution >= 4 is 23.2 Å². The summed E-state index contributed by atoms with van der Waals surface area (Å²) in [6.07, 6.45) is 2.37. The Morgan fingerprint density at radius 3 is 2.87 bits per heavy atom. The fraction of sp³-hybridized carbons (Fsp3) is 0.400. The summed E-state index contributed by atoms with van der Waals surface area (Å²) in [5.74, 6) is -1.75. The van der Waals surface area contributed by atoms with E-state index in [1.807, 2.05) is 0 Å². The minimum absolute atomic E-state index is 0.460. The number of thiophene rings is 1. The average Bonchev–Trinajstić information content (AvgIpc) is 2.60. The van der Waals surface area contributed by atoms with Crippen molar-refractivity contribution in [3.05, 3.63) is 21.4 Å². The first-order valence-electron chi connectivity index (χ1n) is 4.75. The molecule has 1 amide bonds. The van der Waals surface area contributed by atoms with E-state index in [1.165, 1.54) is 11.3 Å². The van der Waals surface area contributed by atoms with Gasteiger partial charge in [-0.25, -0.2) is 0 Å². The van der Waals surface area contributed by atoms with E-state index in [0.29, 0.717) is 11.3 Å². The Kier molecular flexibility index (Phi) is 2.48. The monoisotopic (exact) mass is 225 g/mol. The average molecular weight is 225 g/mol. The van der Waals surface area contributed by atoms with Crippen LogP contribution >= 0.6 is 11.3 Å². The normalized spacial score (nSPS) is 19.6. The summed E-state index contributed by atoms with van der Waals surface area (Å²) in [7, 11) is 0. The number of aliphatic carboxylic acids is 1. The van der Waals surface area contributed by atoms with E-state index >= 15 is 0 Å². The zero-order chi connectivity index (χ0) is 11.0. The van der Waals surface area contributed by atoms with Crippen LogP contribution in [-0.4, -0.2) is 17.0 Å². The number of carbonyl (C=O) groups is 2. The molecule has 1 heterocycles. The van der Waals surface area contributed by atoms with Gasteiger partial charge in [-0.05, 0) is 30.9 Å². The predicted molar refractivity (Wildman–Crippen MR) is 56.2 cm³/mol. The summed E-state index contributed by atoms with van der Waals surface area (Å²) in [5, 5.41) is 9.02. The third kappa shape index (κ3) is 1.74. The van der Waals surface area contributed by atoms with Crippen molar-refractivity contribution in [1.29, 1.82) is 0 Å². The van der Waals surface area contributed by atoms with E-state index in [1.54, 1.807) is 6.07 Å². The Labute approximate surface area is 90.7 Å². The highest BCUT2D eigenvalue weighted by atomic mass is 32.1. The number of carbonyl (C=O) groups excluding carboxylic acids is 1. The molecule has 2 rings (SSSR count). The highest BCUT2D eigenvalue weighted by Gasteiger charge is 2.28. The molecule has 0 spiro atoms. The molecule has 0 fully saturated rings. The maximum absolute atomic E-state index is 11.0. The minimum atomic E-state index is -0.815. The fourth-order valence-corrected chi connectivity index (χ4v) is 3.05. The molecule has 1 aromatic heterocycles. The zero-order valence-corrected chi connectivity index (χ0v) is 8.84.